The maximum atomic E-state index is 12.9. The number of alkyl halides is 3. The number of morpholine rings is 1. The van der Waals surface area contributed by atoms with Gasteiger partial charge in [-0.25, -0.2) is 9.97 Å². The summed E-state index contributed by atoms with van der Waals surface area (Å²) in [6.45, 7) is 3.44. The molecule has 0 radical (unpaired) electrons. The van der Waals surface area contributed by atoms with Crippen LogP contribution in [0, 0.1) is 0 Å². The molecule has 0 bridgehead atoms. The van der Waals surface area contributed by atoms with Crippen LogP contribution in [-0.2, 0) is 17.5 Å². The Labute approximate surface area is 194 Å². The lowest BCUT2D eigenvalue weighted by Crippen LogP contribution is -2.36. The van der Waals surface area contributed by atoms with Gasteiger partial charge >= 0.3 is 6.18 Å². The van der Waals surface area contributed by atoms with Gasteiger partial charge in [-0.1, -0.05) is 18.2 Å². The Kier molecular flexibility index (Phi) is 6.12. The van der Waals surface area contributed by atoms with Gasteiger partial charge in [0.1, 0.15) is 11.6 Å². The van der Waals surface area contributed by atoms with Gasteiger partial charge in [-0.15, -0.1) is 0 Å². The lowest BCUT2D eigenvalue weighted by Gasteiger charge is -2.26. The Morgan fingerprint density at radius 2 is 1.74 bits per heavy atom. The molecule has 1 aliphatic rings. The number of benzene rings is 2. The van der Waals surface area contributed by atoms with E-state index in [0.717, 1.165) is 41.7 Å². The van der Waals surface area contributed by atoms with E-state index in [9.17, 15) is 13.2 Å². The third-order valence-electron chi connectivity index (χ3n) is 5.63. The Hall–Kier alpha value is -3.56. The van der Waals surface area contributed by atoms with Crippen molar-refractivity contribution in [3.8, 4) is 11.3 Å². The van der Waals surface area contributed by atoms with Gasteiger partial charge in [-0.3, -0.25) is 9.88 Å². The van der Waals surface area contributed by atoms with E-state index in [1.165, 1.54) is 12.1 Å². The van der Waals surface area contributed by atoms with Crippen molar-refractivity contribution < 1.29 is 17.9 Å². The number of anilines is 2. The predicted molar refractivity (Wildman–Crippen MR) is 124 cm³/mol. The van der Waals surface area contributed by atoms with Gasteiger partial charge in [0.15, 0.2) is 0 Å². The van der Waals surface area contributed by atoms with Crippen LogP contribution < -0.4 is 5.32 Å². The Morgan fingerprint density at radius 1 is 0.941 bits per heavy atom. The van der Waals surface area contributed by atoms with E-state index < -0.39 is 11.7 Å². The number of nitrogens with one attached hydrogen (secondary N) is 1. The van der Waals surface area contributed by atoms with E-state index in [1.807, 2.05) is 30.3 Å². The molecule has 0 spiro atoms. The van der Waals surface area contributed by atoms with Crippen LogP contribution in [0.15, 0.2) is 66.9 Å². The first kappa shape index (κ1) is 22.2. The van der Waals surface area contributed by atoms with Crippen molar-refractivity contribution in [1.29, 1.82) is 0 Å². The van der Waals surface area contributed by atoms with E-state index in [1.54, 1.807) is 12.3 Å². The van der Waals surface area contributed by atoms with Gasteiger partial charge in [0.2, 0.25) is 0 Å². The normalized spacial score (nSPS) is 14.9. The highest BCUT2D eigenvalue weighted by molar-refractivity contribution is 5.83. The molecule has 0 aliphatic carbocycles. The highest BCUT2D eigenvalue weighted by atomic mass is 19.4. The molecule has 6 nitrogen and oxygen atoms in total. The molecule has 5 rings (SSSR count). The molecule has 2 aromatic carbocycles. The average Bonchev–Trinajstić information content (AvgIpc) is 2.84. The van der Waals surface area contributed by atoms with Gasteiger partial charge in [0.25, 0.3) is 0 Å². The maximum Gasteiger partial charge on any atom is 0.416 e. The molecule has 9 heteroatoms. The highest BCUT2D eigenvalue weighted by Gasteiger charge is 2.30. The summed E-state index contributed by atoms with van der Waals surface area (Å²) in [5, 5.41) is 4.16. The highest BCUT2D eigenvalue weighted by Crippen LogP contribution is 2.31. The molecule has 0 saturated carbocycles. The second kappa shape index (κ2) is 9.36. The summed E-state index contributed by atoms with van der Waals surface area (Å²) in [7, 11) is 0. The molecule has 1 N–H and O–H groups in total. The molecular weight excluding hydrogens is 443 g/mol. The van der Waals surface area contributed by atoms with Crippen molar-refractivity contribution in [2.45, 2.75) is 12.7 Å². The van der Waals surface area contributed by atoms with Crippen molar-refractivity contribution in [2.24, 2.45) is 0 Å². The number of hydrogen-bond acceptors (Lipinski definition) is 6. The summed E-state index contributed by atoms with van der Waals surface area (Å²) in [6, 6.07) is 16.5. The number of fused-ring (bicyclic) bond motifs is 1. The summed E-state index contributed by atoms with van der Waals surface area (Å²) >= 11 is 0. The Bertz CT molecular complexity index is 1290. The molecule has 0 amide bonds. The first-order chi connectivity index (χ1) is 16.4. The number of ether oxygens (including phenoxy) is 1. The van der Waals surface area contributed by atoms with Crippen LogP contribution in [-0.4, -0.2) is 46.2 Å². The van der Waals surface area contributed by atoms with Crippen LogP contribution in [0.1, 0.15) is 11.4 Å². The van der Waals surface area contributed by atoms with Crippen molar-refractivity contribution in [3.05, 3.63) is 78.2 Å². The molecule has 0 atom stereocenters. The number of hydrogen-bond donors (Lipinski definition) is 1. The second-order valence-electron chi connectivity index (χ2n) is 8.05. The fourth-order valence-electron chi connectivity index (χ4n) is 3.86. The van der Waals surface area contributed by atoms with E-state index in [2.05, 4.69) is 20.2 Å². The summed E-state index contributed by atoms with van der Waals surface area (Å²) < 4.78 is 44.2. The second-order valence-corrected chi connectivity index (χ2v) is 8.05. The topological polar surface area (TPSA) is 63.2 Å². The molecule has 3 heterocycles. The maximum absolute atomic E-state index is 12.9. The number of halogens is 3. The molecule has 34 heavy (non-hydrogen) atoms. The summed E-state index contributed by atoms with van der Waals surface area (Å²) in [6.07, 6.45) is -2.64. The van der Waals surface area contributed by atoms with E-state index in [0.29, 0.717) is 42.8 Å². The number of aromatic nitrogens is 3. The van der Waals surface area contributed by atoms with Crippen LogP contribution in [0.4, 0.5) is 24.7 Å². The van der Waals surface area contributed by atoms with Gasteiger partial charge in [-0.2, -0.15) is 13.2 Å². The van der Waals surface area contributed by atoms with Gasteiger partial charge in [0, 0.05) is 42.0 Å². The quantitative estimate of drug-likeness (QED) is 0.432. The van der Waals surface area contributed by atoms with Crippen molar-refractivity contribution in [3.63, 3.8) is 0 Å². The number of nitrogens with zero attached hydrogens (tertiary/aromatic N) is 4. The molecule has 4 aromatic rings. The summed E-state index contributed by atoms with van der Waals surface area (Å²) in [5.74, 6) is 1.13. The third-order valence-corrected chi connectivity index (χ3v) is 5.63. The third kappa shape index (κ3) is 5.16. The molecule has 174 valence electrons. The minimum absolute atomic E-state index is 0.508. The molecule has 1 aliphatic heterocycles. The van der Waals surface area contributed by atoms with E-state index >= 15 is 0 Å². The standard InChI is InChI=1S/C25H22F3N5O/c26-25(27,28)19-5-7-20(8-6-19)30-23-15-22(18-4-3-17-2-1-9-29-21(17)14-18)31-24(32-23)16-33-10-12-34-13-11-33/h1-9,14-15H,10-13,16H2,(H,30,31,32). The fraction of sp³-hybridized carbons (Fsp3) is 0.240. The lowest BCUT2D eigenvalue weighted by atomic mass is 10.1. The zero-order chi connectivity index (χ0) is 23.5. The zero-order valence-corrected chi connectivity index (χ0v) is 18.2. The molecular formula is C25H22F3N5O. The average molecular weight is 465 g/mol. The minimum Gasteiger partial charge on any atom is -0.379 e. The van der Waals surface area contributed by atoms with E-state index in [-0.39, 0.29) is 0 Å². The van der Waals surface area contributed by atoms with Crippen LogP contribution in [0.25, 0.3) is 22.2 Å². The smallest absolute Gasteiger partial charge is 0.379 e. The van der Waals surface area contributed by atoms with Gasteiger partial charge in [-0.05, 0) is 36.4 Å². The van der Waals surface area contributed by atoms with Gasteiger partial charge in [0.05, 0.1) is 36.5 Å². The Morgan fingerprint density at radius 3 is 2.50 bits per heavy atom. The van der Waals surface area contributed by atoms with Gasteiger partial charge < -0.3 is 10.1 Å². The monoisotopic (exact) mass is 465 g/mol. The molecule has 0 unspecified atom stereocenters. The summed E-state index contributed by atoms with van der Waals surface area (Å²) in [4.78, 5) is 16.1. The number of pyridine rings is 1. The SMILES string of the molecule is FC(F)(F)c1ccc(Nc2cc(-c3ccc4cccnc4c3)nc(CN3CCOCC3)n2)cc1. The molecule has 1 saturated heterocycles. The zero-order valence-electron chi connectivity index (χ0n) is 18.2. The van der Waals surface area contributed by atoms with Crippen LogP contribution >= 0.6 is 0 Å². The van der Waals surface area contributed by atoms with E-state index in [4.69, 9.17) is 9.72 Å². The lowest BCUT2D eigenvalue weighted by molar-refractivity contribution is -0.137. The summed E-state index contributed by atoms with van der Waals surface area (Å²) in [5.41, 5.74) is 2.26. The Balaban J connectivity index is 1.48. The predicted octanol–water partition coefficient (Wildman–Crippen LogP) is 5.29. The molecule has 1 fully saturated rings. The van der Waals surface area contributed by atoms with Crippen molar-refractivity contribution >= 4 is 22.4 Å². The first-order valence-corrected chi connectivity index (χ1v) is 10.9. The van der Waals surface area contributed by atoms with Crippen molar-refractivity contribution in [1.82, 2.24) is 19.9 Å². The van der Waals surface area contributed by atoms with Crippen LogP contribution in [0.5, 0.6) is 0 Å². The fourth-order valence-corrected chi connectivity index (χ4v) is 3.86. The number of rotatable bonds is 5. The largest absolute Gasteiger partial charge is 0.416 e. The molecule has 2 aromatic heterocycles. The minimum atomic E-state index is -4.38. The first-order valence-electron chi connectivity index (χ1n) is 10.9. The van der Waals surface area contributed by atoms with Crippen LogP contribution in [0.3, 0.4) is 0 Å². The van der Waals surface area contributed by atoms with Crippen LogP contribution in [0.2, 0.25) is 0 Å². The van der Waals surface area contributed by atoms with Crippen molar-refractivity contribution in [2.75, 3.05) is 31.6 Å².